The summed E-state index contributed by atoms with van der Waals surface area (Å²) in [6, 6.07) is 7.64. The van der Waals surface area contributed by atoms with Gasteiger partial charge in [-0.2, -0.15) is 0 Å². The second-order valence-corrected chi connectivity index (χ2v) is 4.25. The van der Waals surface area contributed by atoms with Gasteiger partial charge in [0.05, 0.1) is 11.8 Å². The Balaban J connectivity index is 2.09. The number of carbonyl (C=O) groups is 2. The van der Waals surface area contributed by atoms with E-state index in [1.807, 2.05) is 6.92 Å². The fraction of sp³-hybridized carbons (Fsp3) is 0.133. The van der Waals surface area contributed by atoms with Crippen molar-refractivity contribution in [3.8, 4) is 0 Å². The fourth-order valence-corrected chi connectivity index (χ4v) is 1.73. The monoisotopic (exact) mass is 287 g/mol. The molecule has 2 aromatic rings. The van der Waals surface area contributed by atoms with E-state index in [4.69, 9.17) is 0 Å². The van der Waals surface area contributed by atoms with E-state index in [1.165, 1.54) is 12.3 Å². The van der Waals surface area contributed by atoms with Gasteiger partial charge in [-0.3, -0.25) is 14.6 Å². The van der Waals surface area contributed by atoms with Crippen LogP contribution in [0.5, 0.6) is 0 Å². The molecule has 2 N–H and O–H groups in total. The molecule has 0 unspecified atom stereocenters. The van der Waals surface area contributed by atoms with Crippen LogP contribution in [0.3, 0.4) is 0 Å². The molecule has 6 heteroatoms. The molecule has 0 fully saturated rings. The highest BCUT2D eigenvalue weighted by Crippen LogP contribution is 2.12. The van der Waals surface area contributed by atoms with Crippen molar-refractivity contribution in [2.45, 2.75) is 6.92 Å². The van der Waals surface area contributed by atoms with Crippen LogP contribution in [0.15, 0.2) is 42.7 Å². The Morgan fingerprint density at radius 2 is 1.86 bits per heavy atom. The van der Waals surface area contributed by atoms with Gasteiger partial charge >= 0.3 is 0 Å². The van der Waals surface area contributed by atoms with Gasteiger partial charge in [0.25, 0.3) is 11.8 Å². The number of aromatic nitrogens is 1. The third-order valence-corrected chi connectivity index (χ3v) is 2.76. The van der Waals surface area contributed by atoms with Gasteiger partial charge in [0.15, 0.2) is 5.82 Å². The molecular weight excluding hydrogens is 273 g/mol. The molecule has 0 aliphatic heterocycles. The van der Waals surface area contributed by atoms with Crippen molar-refractivity contribution >= 4 is 17.5 Å². The Bertz CT molecular complexity index is 656. The van der Waals surface area contributed by atoms with Crippen LogP contribution in [0.25, 0.3) is 0 Å². The molecule has 2 rings (SSSR count). The lowest BCUT2D eigenvalue weighted by molar-refractivity contribution is 0.0955. The summed E-state index contributed by atoms with van der Waals surface area (Å²) in [4.78, 5) is 27.1. The molecule has 0 bridgehead atoms. The van der Waals surface area contributed by atoms with Crippen LogP contribution in [0.1, 0.15) is 27.6 Å². The highest BCUT2D eigenvalue weighted by atomic mass is 19.1. The summed E-state index contributed by atoms with van der Waals surface area (Å²) in [5, 5.41) is 5.23. The molecule has 0 saturated carbocycles. The summed E-state index contributed by atoms with van der Waals surface area (Å²) in [6.07, 6.45) is 2.32. The van der Waals surface area contributed by atoms with Crippen molar-refractivity contribution in [1.29, 1.82) is 0 Å². The third-order valence-electron chi connectivity index (χ3n) is 2.76. The molecule has 1 heterocycles. The first kappa shape index (κ1) is 14.6. The van der Waals surface area contributed by atoms with E-state index in [2.05, 4.69) is 15.6 Å². The molecule has 0 atom stereocenters. The van der Waals surface area contributed by atoms with Gasteiger partial charge in [0.1, 0.15) is 0 Å². The number of nitrogens with one attached hydrogen (secondary N) is 2. The van der Waals surface area contributed by atoms with Crippen molar-refractivity contribution in [3.63, 3.8) is 0 Å². The van der Waals surface area contributed by atoms with Gasteiger partial charge in [-0.1, -0.05) is 0 Å². The first-order valence-corrected chi connectivity index (χ1v) is 6.41. The molecule has 21 heavy (non-hydrogen) atoms. The molecule has 0 spiro atoms. The minimum absolute atomic E-state index is 0.0854. The van der Waals surface area contributed by atoms with Gasteiger partial charge in [0, 0.05) is 24.0 Å². The second kappa shape index (κ2) is 6.60. The summed E-state index contributed by atoms with van der Waals surface area (Å²) >= 11 is 0. The molecule has 1 aromatic heterocycles. The Hall–Kier alpha value is -2.76. The van der Waals surface area contributed by atoms with Crippen LogP contribution in [-0.2, 0) is 0 Å². The smallest absolute Gasteiger partial charge is 0.258 e. The van der Waals surface area contributed by atoms with E-state index < -0.39 is 11.7 Å². The van der Waals surface area contributed by atoms with Crippen molar-refractivity contribution in [1.82, 2.24) is 10.3 Å². The summed E-state index contributed by atoms with van der Waals surface area (Å²) in [5.41, 5.74) is 0.881. The van der Waals surface area contributed by atoms with E-state index in [0.29, 0.717) is 17.8 Å². The largest absolute Gasteiger partial charge is 0.352 e. The van der Waals surface area contributed by atoms with Crippen LogP contribution in [-0.4, -0.2) is 23.3 Å². The lowest BCUT2D eigenvalue weighted by Gasteiger charge is -2.07. The van der Waals surface area contributed by atoms with Crippen LogP contribution in [0.4, 0.5) is 10.1 Å². The highest BCUT2D eigenvalue weighted by Gasteiger charge is 2.11. The van der Waals surface area contributed by atoms with Gasteiger partial charge in [-0.25, -0.2) is 4.39 Å². The number of hydrogen-bond acceptors (Lipinski definition) is 3. The number of halogens is 1. The normalized spacial score (nSPS) is 10.0. The zero-order valence-electron chi connectivity index (χ0n) is 11.4. The SMILES string of the molecule is CCNC(=O)c1ccc(NC(=O)c2ccncc2F)cc1. The van der Waals surface area contributed by atoms with Crippen molar-refractivity contribution in [3.05, 3.63) is 59.7 Å². The number of pyridine rings is 1. The molecule has 0 aliphatic rings. The topological polar surface area (TPSA) is 71.1 Å². The highest BCUT2D eigenvalue weighted by molar-refractivity contribution is 6.04. The molecule has 0 aliphatic carbocycles. The maximum atomic E-state index is 13.4. The zero-order valence-corrected chi connectivity index (χ0v) is 11.4. The van der Waals surface area contributed by atoms with E-state index >= 15 is 0 Å². The number of carbonyl (C=O) groups excluding carboxylic acids is 2. The standard InChI is InChI=1S/C15H14FN3O2/c1-2-18-14(20)10-3-5-11(6-4-10)19-15(21)12-7-8-17-9-13(12)16/h3-9H,2H2,1H3,(H,18,20)(H,19,21). The quantitative estimate of drug-likeness (QED) is 0.905. The fourth-order valence-electron chi connectivity index (χ4n) is 1.73. The molecule has 5 nitrogen and oxygen atoms in total. The van der Waals surface area contributed by atoms with E-state index in [1.54, 1.807) is 24.3 Å². The van der Waals surface area contributed by atoms with Gasteiger partial charge < -0.3 is 10.6 Å². The first-order chi connectivity index (χ1) is 10.1. The van der Waals surface area contributed by atoms with Gasteiger partial charge in [-0.15, -0.1) is 0 Å². The average molecular weight is 287 g/mol. The number of nitrogens with zero attached hydrogens (tertiary/aromatic N) is 1. The predicted octanol–water partition coefficient (Wildman–Crippen LogP) is 2.22. The minimum atomic E-state index is -0.686. The maximum Gasteiger partial charge on any atom is 0.258 e. The summed E-state index contributed by atoms with van der Waals surface area (Å²) < 4.78 is 13.4. The van der Waals surface area contributed by atoms with Crippen LogP contribution in [0, 0.1) is 5.82 Å². The number of benzene rings is 1. The number of rotatable bonds is 4. The summed E-state index contributed by atoms with van der Waals surface area (Å²) in [5.74, 6) is -1.44. The van der Waals surface area contributed by atoms with Crippen molar-refractivity contribution in [2.24, 2.45) is 0 Å². The maximum absolute atomic E-state index is 13.4. The Kier molecular flexibility index (Phi) is 4.61. The summed E-state index contributed by atoms with van der Waals surface area (Å²) in [7, 11) is 0. The molecule has 0 radical (unpaired) electrons. The van der Waals surface area contributed by atoms with E-state index in [9.17, 15) is 14.0 Å². The number of amides is 2. The number of anilines is 1. The van der Waals surface area contributed by atoms with Crippen molar-refractivity contribution in [2.75, 3.05) is 11.9 Å². The van der Waals surface area contributed by atoms with Crippen LogP contribution < -0.4 is 10.6 Å². The third kappa shape index (κ3) is 3.62. The van der Waals surface area contributed by atoms with Gasteiger partial charge in [-0.05, 0) is 37.3 Å². The number of hydrogen-bond donors (Lipinski definition) is 2. The van der Waals surface area contributed by atoms with E-state index in [-0.39, 0.29) is 11.5 Å². The minimum Gasteiger partial charge on any atom is -0.352 e. The zero-order chi connectivity index (χ0) is 15.2. The van der Waals surface area contributed by atoms with Crippen LogP contribution in [0.2, 0.25) is 0 Å². The molecule has 2 amide bonds. The lowest BCUT2D eigenvalue weighted by Crippen LogP contribution is -2.22. The molecule has 1 aromatic carbocycles. The average Bonchev–Trinajstić information content (AvgIpc) is 2.48. The molecule has 0 saturated heterocycles. The Morgan fingerprint density at radius 1 is 1.14 bits per heavy atom. The lowest BCUT2D eigenvalue weighted by atomic mass is 10.2. The molecular formula is C15H14FN3O2. The Morgan fingerprint density at radius 3 is 2.48 bits per heavy atom. The Labute approximate surface area is 121 Å². The summed E-state index contributed by atoms with van der Waals surface area (Å²) in [6.45, 7) is 2.37. The van der Waals surface area contributed by atoms with Crippen molar-refractivity contribution < 1.29 is 14.0 Å². The second-order valence-electron chi connectivity index (χ2n) is 4.25. The van der Waals surface area contributed by atoms with Crippen LogP contribution >= 0.6 is 0 Å². The molecule has 108 valence electrons. The van der Waals surface area contributed by atoms with E-state index in [0.717, 1.165) is 6.20 Å². The van der Waals surface area contributed by atoms with Gasteiger partial charge in [0.2, 0.25) is 0 Å². The first-order valence-electron chi connectivity index (χ1n) is 6.41. The predicted molar refractivity (Wildman–Crippen MR) is 76.6 cm³/mol.